The maximum absolute atomic E-state index is 12.0. The van der Waals surface area contributed by atoms with E-state index in [4.69, 9.17) is 19.9 Å². The Morgan fingerprint density at radius 3 is 2.79 bits per heavy atom. The molecule has 0 spiro atoms. The Morgan fingerprint density at radius 2 is 2.07 bits per heavy atom. The average Bonchev–Trinajstić information content (AvgIpc) is 3.12. The average molecular weight is 412 g/mol. The molecule has 1 aliphatic rings. The van der Waals surface area contributed by atoms with Crippen molar-refractivity contribution in [2.24, 2.45) is 5.73 Å². The number of hydrogen-bond donors (Lipinski definition) is 2. The molecule has 1 aromatic carbocycles. The lowest BCUT2D eigenvalue weighted by molar-refractivity contribution is -0.160. The molecule has 1 aromatic heterocycles. The van der Waals surface area contributed by atoms with Crippen LogP contribution >= 0.6 is 12.4 Å². The largest absolute Gasteiger partial charge is 0.459 e. The molecule has 3 atom stereocenters. The third-order valence-corrected chi connectivity index (χ3v) is 4.15. The van der Waals surface area contributed by atoms with Gasteiger partial charge in [-0.15, -0.1) is 12.4 Å². The summed E-state index contributed by atoms with van der Waals surface area (Å²) in [4.78, 5) is 37.6. The SMILES string of the molecule is Cc1cn([C@H]2CO[C@@H](COC(=O)[C@H](N)Cc3ccccc3)O2)c(=O)[nH]c1=O.Cl. The summed E-state index contributed by atoms with van der Waals surface area (Å²) in [6.45, 7) is 1.52. The lowest BCUT2D eigenvalue weighted by Gasteiger charge is -2.15. The van der Waals surface area contributed by atoms with Crippen LogP contribution < -0.4 is 17.0 Å². The van der Waals surface area contributed by atoms with E-state index in [1.807, 2.05) is 30.3 Å². The smallest absolute Gasteiger partial charge is 0.330 e. The van der Waals surface area contributed by atoms with Gasteiger partial charge >= 0.3 is 11.7 Å². The molecule has 0 radical (unpaired) electrons. The van der Waals surface area contributed by atoms with E-state index in [1.54, 1.807) is 6.92 Å². The van der Waals surface area contributed by atoms with Crippen LogP contribution in [-0.2, 0) is 25.4 Å². The minimum Gasteiger partial charge on any atom is -0.459 e. The van der Waals surface area contributed by atoms with E-state index in [2.05, 4.69) is 4.98 Å². The standard InChI is InChI=1S/C18H21N3O6.ClH/c1-11-8-21(18(24)20-16(11)22)14-9-25-15(27-14)10-26-17(23)13(19)7-12-5-3-2-4-6-12;/h2-6,8,13-15H,7,9-10,19H2,1H3,(H,20,22,24);1H/t13-,14-,15-;/m1./s1. The quantitative estimate of drug-likeness (QED) is 0.652. The number of benzene rings is 1. The van der Waals surface area contributed by atoms with E-state index >= 15 is 0 Å². The predicted molar refractivity (Wildman–Crippen MR) is 102 cm³/mol. The van der Waals surface area contributed by atoms with Crippen molar-refractivity contribution in [1.82, 2.24) is 9.55 Å². The van der Waals surface area contributed by atoms with Gasteiger partial charge in [0, 0.05) is 11.8 Å². The lowest BCUT2D eigenvalue weighted by Crippen LogP contribution is -2.36. The molecule has 0 saturated carbocycles. The van der Waals surface area contributed by atoms with Crippen molar-refractivity contribution < 1.29 is 19.0 Å². The first kappa shape index (κ1) is 21.8. The van der Waals surface area contributed by atoms with Crippen molar-refractivity contribution in [3.8, 4) is 0 Å². The fraction of sp³-hybridized carbons (Fsp3) is 0.389. The fourth-order valence-electron chi connectivity index (χ4n) is 2.69. The number of carbonyl (C=O) groups is 1. The van der Waals surface area contributed by atoms with Crippen LogP contribution in [0.3, 0.4) is 0 Å². The number of rotatable bonds is 6. The molecule has 3 rings (SSSR count). The molecule has 0 bridgehead atoms. The van der Waals surface area contributed by atoms with Gasteiger partial charge in [0.2, 0.25) is 0 Å². The first-order chi connectivity index (χ1) is 12.9. The number of H-pyrrole nitrogens is 1. The molecule has 0 unspecified atom stereocenters. The van der Waals surface area contributed by atoms with E-state index in [9.17, 15) is 14.4 Å². The van der Waals surface area contributed by atoms with Crippen molar-refractivity contribution in [2.75, 3.05) is 13.2 Å². The molecule has 10 heteroatoms. The molecule has 1 aliphatic heterocycles. The third-order valence-electron chi connectivity index (χ3n) is 4.15. The molecule has 28 heavy (non-hydrogen) atoms. The molecule has 152 valence electrons. The topological polar surface area (TPSA) is 126 Å². The Hall–Kier alpha value is -2.46. The summed E-state index contributed by atoms with van der Waals surface area (Å²) in [7, 11) is 0. The summed E-state index contributed by atoms with van der Waals surface area (Å²) >= 11 is 0. The highest BCUT2D eigenvalue weighted by molar-refractivity contribution is 5.85. The Kier molecular flexibility index (Phi) is 7.53. The van der Waals surface area contributed by atoms with Crippen LogP contribution in [0.5, 0.6) is 0 Å². The Bertz CT molecular complexity index is 914. The zero-order chi connectivity index (χ0) is 19.4. The minimum absolute atomic E-state index is 0. The van der Waals surface area contributed by atoms with Gasteiger partial charge in [-0.2, -0.15) is 0 Å². The van der Waals surface area contributed by atoms with Crippen LogP contribution in [0.2, 0.25) is 0 Å². The van der Waals surface area contributed by atoms with Gasteiger partial charge in [0.1, 0.15) is 12.6 Å². The molecule has 1 saturated heterocycles. The maximum Gasteiger partial charge on any atom is 0.330 e. The number of halogens is 1. The molecule has 3 N–H and O–H groups in total. The zero-order valence-corrected chi connectivity index (χ0v) is 16.0. The van der Waals surface area contributed by atoms with E-state index in [0.717, 1.165) is 5.56 Å². The summed E-state index contributed by atoms with van der Waals surface area (Å²) in [6, 6.07) is 8.58. The first-order valence-electron chi connectivity index (χ1n) is 8.49. The maximum atomic E-state index is 12.0. The van der Waals surface area contributed by atoms with Gasteiger partial charge < -0.3 is 19.9 Å². The van der Waals surface area contributed by atoms with E-state index in [1.165, 1.54) is 10.8 Å². The highest BCUT2D eigenvalue weighted by Gasteiger charge is 2.30. The third kappa shape index (κ3) is 5.29. The number of nitrogens with one attached hydrogen (secondary N) is 1. The molecule has 2 aromatic rings. The van der Waals surface area contributed by atoms with Gasteiger partial charge in [0.05, 0.1) is 6.61 Å². The lowest BCUT2D eigenvalue weighted by atomic mass is 10.1. The van der Waals surface area contributed by atoms with Crippen molar-refractivity contribution in [3.63, 3.8) is 0 Å². The van der Waals surface area contributed by atoms with Crippen LogP contribution in [0.15, 0.2) is 46.1 Å². The van der Waals surface area contributed by atoms with Crippen LogP contribution in [0, 0.1) is 6.92 Å². The summed E-state index contributed by atoms with van der Waals surface area (Å²) in [5, 5.41) is 0. The minimum atomic E-state index is -0.818. The van der Waals surface area contributed by atoms with Gasteiger partial charge in [-0.05, 0) is 18.9 Å². The number of nitrogens with two attached hydrogens (primary N) is 1. The monoisotopic (exact) mass is 411 g/mol. The summed E-state index contributed by atoms with van der Waals surface area (Å²) in [5.41, 5.74) is 6.13. The summed E-state index contributed by atoms with van der Waals surface area (Å²) in [6.07, 6.45) is 0.233. The zero-order valence-electron chi connectivity index (χ0n) is 15.2. The van der Waals surface area contributed by atoms with Crippen molar-refractivity contribution >= 4 is 18.4 Å². The van der Waals surface area contributed by atoms with E-state index < -0.39 is 35.8 Å². The number of aromatic nitrogens is 2. The first-order valence-corrected chi connectivity index (χ1v) is 8.49. The second kappa shape index (κ2) is 9.65. The van der Waals surface area contributed by atoms with Crippen molar-refractivity contribution in [1.29, 1.82) is 0 Å². The van der Waals surface area contributed by atoms with Crippen LogP contribution in [0.25, 0.3) is 0 Å². The highest BCUT2D eigenvalue weighted by Crippen LogP contribution is 2.19. The van der Waals surface area contributed by atoms with Crippen LogP contribution in [0.1, 0.15) is 17.4 Å². The molecule has 1 fully saturated rings. The number of carbonyl (C=O) groups excluding carboxylic acids is 1. The predicted octanol–water partition coefficient (Wildman–Crippen LogP) is 0.252. The van der Waals surface area contributed by atoms with Gasteiger partial charge in [-0.1, -0.05) is 30.3 Å². The second-order valence-electron chi connectivity index (χ2n) is 6.26. The van der Waals surface area contributed by atoms with Gasteiger partial charge in [0.15, 0.2) is 12.5 Å². The number of hydrogen-bond acceptors (Lipinski definition) is 7. The van der Waals surface area contributed by atoms with Crippen LogP contribution in [-0.4, -0.2) is 41.1 Å². The molecule has 9 nitrogen and oxygen atoms in total. The normalized spacial score (nSPS) is 19.6. The molecular weight excluding hydrogens is 390 g/mol. The number of aryl methyl sites for hydroxylation is 1. The summed E-state index contributed by atoms with van der Waals surface area (Å²) < 4.78 is 17.4. The van der Waals surface area contributed by atoms with Crippen LogP contribution in [0.4, 0.5) is 0 Å². The second-order valence-corrected chi connectivity index (χ2v) is 6.26. The molecule has 2 heterocycles. The number of esters is 1. The molecule has 0 aliphatic carbocycles. The van der Waals surface area contributed by atoms with Gasteiger partial charge in [0.25, 0.3) is 5.56 Å². The Morgan fingerprint density at radius 1 is 1.36 bits per heavy atom. The Labute approximate surface area is 166 Å². The number of ether oxygens (including phenoxy) is 3. The van der Waals surface area contributed by atoms with Gasteiger partial charge in [-0.3, -0.25) is 19.1 Å². The number of nitrogens with zero attached hydrogens (tertiary/aromatic N) is 1. The van der Waals surface area contributed by atoms with Crippen molar-refractivity contribution in [3.05, 3.63) is 68.5 Å². The fourth-order valence-corrected chi connectivity index (χ4v) is 2.69. The van der Waals surface area contributed by atoms with Gasteiger partial charge in [-0.25, -0.2) is 4.79 Å². The number of aromatic amines is 1. The summed E-state index contributed by atoms with van der Waals surface area (Å²) in [5.74, 6) is -0.563. The van der Waals surface area contributed by atoms with E-state index in [-0.39, 0.29) is 25.6 Å². The molecule has 0 amide bonds. The van der Waals surface area contributed by atoms with Crippen molar-refractivity contribution in [2.45, 2.75) is 31.9 Å². The Balaban J connectivity index is 0.00000280. The van der Waals surface area contributed by atoms with E-state index in [0.29, 0.717) is 12.0 Å². The highest BCUT2D eigenvalue weighted by atomic mass is 35.5. The molecular formula is C18H22ClN3O6.